The summed E-state index contributed by atoms with van der Waals surface area (Å²) in [6, 6.07) is 14.8. The third-order valence-electron chi connectivity index (χ3n) is 5.04. The molecule has 1 aliphatic rings. The lowest BCUT2D eigenvalue weighted by Gasteiger charge is -2.19. The van der Waals surface area contributed by atoms with Gasteiger partial charge in [0.2, 0.25) is 0 Å². The Morgan fingerprint density at radius 1 is 1.07 bits per heavy atom. The van der Waals surface area contributed by atoms with E-state index in [2.05, 4.69) is 18.8 Å². The summed E-state index contributed by atoms with van der Waals surface area (Å²) in [5.41, 5.74) is 2.80. The normalized spacial score (nSPS) is 14.0. The zero-order valence-corrected chi connectivity index (χ0v) is 16.5. The first-order chi connectivity index (χ1) is 12.9. The SMILES string of the molecule is COc1ccc2cc3c(nc2c1)N(S(=O)(=O)c1ccc(C(C)C)cc1)CC3. The average molecular weight is 382 g/mol. The number of hydrogen-bond donors (Lipinski definition) is 0. The minimum atomic E-state index is -3.64. The summed E-state index contributed by atoms with van der Waals surface area (Å²) >= 11 is 0. The highest BCUT2D eigenvalue weighted by Gasteiger charge is 2.32. The van der Waals surface area contributed by atoms with Gasteiger partial charge in [0.15, 0.2) is 0 Å². The molecule has 0 spiro atoms. The molecule has 0 aliphatic carbocycles. The lowest BCUT2D eigenvalue weighted by atomic mass is 10.0. The first-order valence-corrected chi connectivity index (χ1v) is 10.4. The predicted octanol–water partition coefficient (Wildman–Crippen LogP) is 4.12. The van der Waals surface area contributed by atoms with Crippen LogP contribution in [0.4, 0.5) is 5.82 Å². The molecule has 6 heteroatoms. The second-order valence-electron chi connectivity index (χ2n) is 7.08. The summed E-state index contributed by atoms with van der Waals surface area (Å²) in [4.78, 5) is 4.95. The number of rotatable bonds is 4. The topological polar surface area (TPSA) is 59.5 Å². The molecule has 0 radical (unpaired) electrons. The average Bonchev–Trinajstić information content (AvgIpc) is 3.09. The highest BCUT2D eigenvalue weighted by atomic mass is 32.2. The molecular formula is C21H22N2O3S. The smallest absolute Gasteiger partial charge is 0.265 e. The van der Waals surface area contributed by atoms with Gasteiger partial charge in [0, 0.05) is 18.0 Å². The molecule has 27 heavy (non-hydrogen) atoms. The van der Waals surface area contributed by atoms with Crippen LogP contribution in [0.1, 0.15) is 30.9 Å². The lowest BCUT2D eigenvalue weighted by molar-refractivity contribution is 0.415. The summed E-state index contributed by atoms with van der Waals surface area (Å²) in [5.74, 6) is 1.58. The van der Waals surface area contributed by atoms with Crippen molar-refractivity contribution < 1.29 is 13.2 Å². The fourth-order valence-corrected chi connectivity index (χ4v) is 4.87. The first-order valence-electron chi connectivity index (χ1n) is 9.00. The lowest BCUT2D eigenvalue weighted by Crippen LogP contribution is -2.29. The summed E-state index contributed by atoms with van der Waals surface area (Å²) in [6.45, 7) is 4.58. The van der Waals surface area contributed by atoms with Crippen molar-refractivity contribution in [2.75, 3.05) is 18.0 Å². The molecule has 0 fully saturated rings. The molecule has 0 saturated carbocycles. The van der Waals surface area contributed by atoms with Crippen LogP contribution in [0.3, 0.4) is 0 Å². The van der Waals surface area contributed by atoms with Gasteiger partial charge in [-0.1, -0.05) is 26.0 Å². The van der Waals surface area contributed by atoms with E-state index in [0.717, 1.165) is 22.0 Å². The number of benzene rings is 2. The van der Waals surface area contributed by atoms with Gasteiger partial charge in [-0.15, -0.1) is 0 Å². The second-order valence-corrected chi connectivity index (χ2v) is 8.94. The number of fused-ring (bicyclic) bond motifs is 2. The Morgan fingerprint density at radius 3 is 2.48 bits per heavy atom. The number of pyridine rings is 1. The van der Waals surface area contributed by atoms with E-state index in [1.54, 1.807) is 19.2 Å². The second kappa shape index (κ2) is 6.53. The van der Waals surface area contributed by atoms with Gasteiger partial charge in [-0.2, -0.15) is 0 Å². The summed E-state index contributed by atoms with van der Waals surface area (Å²) in [6.07, 6.45) is 0.660. The van der Waals surface area contributed by atoms with E-state index in [4.69, 9.17) is 4.74 Å². The Kier molecular flexibility index (Phi) is 4.30. The molecule has 4 rings (SSSR count). The van der Waals surface area contributed by atoms with Gasteiger partial charge in [-0.05, 0) is 53.8 Å². The third kappa shape index (κ3) is 3.04. The van der Waals surface area contributed by atoms with Crippen LogP contribution in [0.25, 0.3) is 10.9 Å². The number of sulfonamides is 1. The van der Waals surface area contributed by atoms with Crippen LogP contribution >= 0.6 is 0 Å². The molecule has 0 saturated heterocycles. The van der Waals surface area contributed by atoms with Crippen molar-refractivity contribution in [3.8, 4) is 5.75 Å². The zero-order chi connectivity index (χ0) is 19.2. The number of hydrogen-bond acceptors (Lipinski definition) is 4. The van der Waals surface area contributed by atoms with Crippen molar-refractivity contribution in [2.45, 2.75) is 31.1 Å². The van der Waals surface area contributed by atoms with Gasteiger partial charge >= 0.3 is 0 Å². The Morgan fingerprint density at radius 2 is 1.81 bits per heavy atom. The fourth-order valence-electron chi connectivity index (χ4n) is 3.42. The van der Waals surface area contributed by atoms with Crippen LogP contribution in [-0.2, 0) is 16.4 Å². The monoisotopic (exact) mass is 382 g/mol. The molecule has 1 aliphatic heterocycles. The molecule has 5 nitrogen and oxygen atoms in total. The van der Waals surface area contributed by atoms with Crippen LogP contribution in [0.5, 0.6) is 5.75 Å². The Bertz CT molecular complexity index is 1110. The Labute approximate surface area is 159 Å². The molecule has 0 amide bonds. The maximum atomic E-state index is 13.2. The van der Waals surface area contributed by atoms with E-state index >= 15 is 0 Å². The minimum Gasteiger partial charge on any atom is -0.497 e. The van der Waals surface area contributed by atoms with E-state index in [1.807, 2.05) is 36.4 Å². The molecule has 0 bridgehead atoms. The predicted molar refractivity (Wildman–Crippen MR) is 107 cm³/mol. The van der Waals surface area contributed by atoms with Crippen LogP contribution in [0, 0.1) is 0 Å². The fraction of sp³-hybridized carbons (Fsp3) is 0.286. The van der Waals surface area contributed by atoms with Crippen molar-refractivity contribution in [1.82, 2.24) is 4.98 Å². The van der Waals surface area contributed by atoms with Gasteiger partial charge in [0.25, 0.3) is 10.0 Å². The maximum absolute atomic E-state index is 13.2. The zero-order valence-electron chi connectivity index (χ0n) is 15.6. The Balaban J connectivity index is 1.77. The summed E-state index contributed by atoms with van der Waals surface area (Å²) in [5, 5.41) is 0.982. The first kappa shape index (κ1) is 17.8. The van der Waals surface area contributed by atoms with E-state index in [0.29, 0.717) is 35.3 Å². The number of methoxy groups -OCH3 is 1. The van der Waals surface area contributed by atoms with Crippen molar-refractivity contribution in [3.63, 3.8) is 0 Å². The van der Waals surface area contributed by atoms with Gasteiger partial charge < -0.3 is 4.74 Å². The van der Waals surface area contributed by atoms with Crippen LogP contribution in [0.15, 0.2) is 53.4 Å². The van der Waals surface area contributed by atoms with E-state index in [1.165, 1.54) is 4.31 Å². The summed E-state index contributed by atoms with van der Waals surface area (Å²) < 4.78 is 33.1. The molecule has 0 atom stereocenters. The van der Waals surface area contributed by atoms with E-state index in [-0.39, 0.29) is 0 Å². The van der Waals surface area contributed by atoms with Crippen molar-refractivity contribution in [1.29, 1.82) is 0 Å². The quantitative estimate of drug-likeness (QED) is 0.681. The largest absolute Gasteiger partial charge is 0.497 e. The molecule has 3 aromatic rings. The van der Waals surface area contributed by atoms with Gasteiger partial charge in [-0.25, -0.2) is 17.7 Å². The van der Waals surface area contributed by atoms with Crippen LogP contribution < -0.4 is 9.04 Å². The standard InChI is InChI=1S/C21H22N2O3S/c1-14(2)15-5-8-19(9-6-15)27(24,25)23-11-10-17-12-16-4-7-18(26-3)13-20(16)22-21(17)23/h4-9,12-14H,10-11H2,1-3H3. The molecule has 140 valence electrons. The number of anilines is 1. The number of nitrogens with zero attached hydrogens (tertiary/aromatic N) is 2. The highest BCUT2D eigenvalue weighted by molar-refractivity contribution is 7.92. The van der Waals surface area contributed by atoms with E-state index in [9.17, 15) is 8.42 Å². The van der Waals surface area contributed by atoms with Gasteiger partial charge in [0.1, 0.15) is 11.6 Å². The molecule has 2 aromatic carbocycles. The maximum Gasteiger partial charge on any atom is 0.265 e. The minimum absolute atomic E-state index is 0.298. The van der Waals surface area contributed by atoms with Gasteiger partial charge in [-0.3, -0.25) is 0 Å². The molecule has 0 unspecified atom stereocenters. The Hall–Kier alpha value is -2.60. The van der Waals surface area contributed by atoms with Crippen LogP contribution in [0.2, 0.25) is 0 Å². The van der Waals surface area contributed by atoms with Crippen LogP contribution in [-0.4, -0.2) is 27.1 Å². The van der Waals surface area contributed by atoms with Crippen molar-refractivity contribution in [3.05, 3.63) is 59.7 Å². The van der Waals surface area contributed by atoms with Crippen molar-refractivity contribution in [2.24, 2.45) is 0 Å². The molecular weight excluding hydrogens is 360 g/mol. The van der Waals surface area contributed by atoms with Crippen molar-refractivity contribution >= 4 is 26.7 Å². The molecule has 1 aromatic heterocycles. The summed E-state index contributed by atoms with van der Waals surface area (Å²) in [7, 11) is -2.04. The third-order valence-corrected chi connectivity index (χ3v) is 6.84. The molecule has 2 heterocycles. The van der Waals surface area contributed by atoms with Gasteiger partial charge in [0.05, 0.1) is 17.5 Å². The van der Waals surface area contributed by atoms with E-state index < -0.39 is 10.0 Å². The number of aromatic nitrogens is 1. The highest BCUT2D eigenvalue weighted by Crippen LogP contribution is 2.34. The molecule has 0 N–H and O–H groups in total. The number of ether oxygens (including phenoxy) is 1.